The van der Waals surface area contributed by atoms with E-state index in [0.29, 0.717) is 17.9 Å². The first-order valence-corrected chi connectivity index (χ1v) is 11.4. The maximum absolute atomic E-state index is 14.5. The van der Waals surface area contributed by atoms with Gasteiger partial charge in [0.2, 0.25) is 0 Å². The summed E-state index contributed by atoms with van der Waals surface area (Å²) in [4.78, 5) is 19.4. The van der Waals surface area contributed by atoms with Crippen molar-refractivity contribution in [2.24, 2.45) is 0 Å². The molecule has 4 rings (SSSR count). The SMILES string of the molecule is CCC(C)Oc1c(F)cc(NC(=O)c2cccc3c2OC[C@H](CO)N3c2ccc(C)cn2)cc1F. The fourth-order valence-electron chi connectivity index (χ4n) is 3.77. The van der Waals surface area contributed by atoms with Gasteiger partial charge in [-0.15, -0.1) is 0 Å². The molecule has 1 aliphatic rings. The van der Waals surface area contributed by atoms with E-state index in [4.69, 9.17) is 9.47 Å². The number of hydrogen-bond donors (Lipinski definition) is 2. The van der Waals surface area contributed by atoms with E-state index >= 15 is 0 Å². The second kappa shape index (κ2) is 10.3. The van der Waals surface area contributed by atoms with Crippen molar-refractivity contribution in [3.63, 3.8) is 0 Å². The van der Waals surface area contributed by atoms with Gasteiger partial charge in [0.05, 0.1) is 30.0 Å². The normalized spacial score (nSPS) is 15.7. The zero-order valence-electron chi connectivity index (χ0n) is 19.7. The Kier molecular flexibility index (Phi) is 7.16. The van der Waals surface area contributed by atoms with Gasteiger partial charge in [0.25, 0.3) is 5.91 Å². The van der Waals surface area contributed by atoms with Crippen LogP contribution in [-0.4, -0.2) is 41.4 Å². The number of fused-ring (bicyclic) bond motifs is 1. The lowest BCUT2D eigenvalue weighted by Gasteiger charge is -2.37. The highest BCUT2D eigenvalue weighted by Gasteiger charge is 2.32. The van der Waals surface area contributed by atoms with E-state index in [0.717, 1.165) is 17.7 Å². The van der Waals surface area contributed by atoms with Crippen molar-refractivity contribution < 1.29 is 28.2 Å². The number of anilines is 3. The number of nitrogens with one attached hydrogen (secondary N) is 1. The number of hydrogen-bond acceptors (Lipinski definition) is 6. The third-order valence-electron chi connectivity index (χ3n) is 5.79. The Morgan fingerprint density at radius 3 is 2.66 bits per heavy atom. The number of halogens is 2. The lowest BCUT2D eigenvalue weighted by molar-refractivity contribution is 0.102. The first-order chi connectivity index (χ1) is 16.8. The summed E-state index contributed by atoms with van der Waals surface area (Å²) in [6.45, 7) is 5.41. The number of nitrogens with zero attached hydrogens (tertiary/aromatic N) is 2. The fourth-order valence-corrected chi connectivity index (χ4v) is 3.77. The molecule has 0 saturated carbocycles. The Morgan fingerprint density at radius 2 is 2.03 bits per heavy atom. The van der Waals surface area contributed by atoms with Crippen LogP contribution in [0.5, 0.6) is 11.5 Å². The van der Waals surface area contributed by atoms with Gasteiger partial charge in [-0.3, -0.25) is 4.79 Å². The molecule has 1 unspecified atom stereocenters. The van der Waals surface area contributed by atoms with E-state index in [9.17, 15) is 18.7 Å². The smallest absolute Gasteiger partial charge is 0.259 e. The maximum Gasteiger partial charge on any atom is 0.259 e. The Hall–Kier alpha value is -3.72. The molecule has 0 bridgehead atoms. The lowest BCUT2D eigenvalue weighted by Crippen LogP contribution is -2.43. The van der Waals surface area contributed by atoms with Crippen molar-refractivity contribution >= 4 is 23.1 Å². The Labute approximate surface area is 202 Å². The summed E-state index contributed by atoms with van der Waals surface area (Å²) in [6.07, 6.45) is 1.94. The van der Waals surface area contributed by atoms with Crippen LogP contribution in [0.3, 0.4) is 0 Å². The van der Waals surface area contributed by atoms with Gasteiger partial charge in [0, 0.05) is 24.0 Å². The van der Waals surface area contributed by atoms with E-state index in [2.05, 4.69) is 10.3 Å². The number of aliphatic hydroxyl groups excluding tert-OH is 1. The van der Waals surface area contributed by atoms with Gasteiger partial charge in [-0.05, 0) is 44.0 Å². The number of amides is 1. The number of aromatic nitrogens is 1. The molecule has 2 N–H and O–H groups in total. The average molecular weight is 484 g/mol. The van der Waals surface area contributed by atoms with Crippen molar-refractivity contribution in [2.45, 2.75) is 39.3 Å². The summed E-state index contributed by atoms with van der Waals surface area (Å²) in [6, 6.07) is 10.3. The predicted molar refractivity (Wildman–Crippen MR) is 129 cm³/mol. The largest absolute Gasteiger partial charge is 0.488 e. The highest BCUT2D eigenvalue weighted by atomic mass is 19.1. The van der Waals surface area contributed by atoms with Gasteiger partial charge < -0.3 is 24.8 Å². The third-order valence-corrected chi connectivity index (χ3v) is 5.79. The van der Waals surface area contributed by atoms with Crippen LogP contribution in [0.15, 0.2) is 48.7 Å². The van der Waals surface area contributed by atoms with Crippen molar-refractivity contribution in [1.82, 2.24) is 4.98 Å². The topological polar surface area (TPSA) is 83.9 Å². The highest BCUT2D eigenvalue weighted by Crippen LogP contribution is 2.41. The van der Waals surface area contributed by atoms with Gasteiger partial charge in [-0.1, -0.05) is 19.1 Å². The Balaban J connectivity index is 1.64. The molecule has 1 aromatic heterocycles. The van der Waals surface area contributed by atoms with Crippen LogP contribution in [0, 0.1) is 18.6 Å². The number of aryl methyl sites for hydroxylation is 1. The molecule has 2 atom stereocenters. The standard InChI is InChI=1S/C26H27F2N3O4/c1-4-16(3)35-25-20(27)10-17(11-21(25)28)30-26(33)19-6-5-7-22-24(19)34-14-18(13-32)31(22)23-9-8-15(2)12-29-23/h5-12,16,18,32H,4,13-14H2,1-3H3,(H,30,33)/t16?,18-/m0/s1. The van der Waals surface area contributed by atoms with Gasteiger partial charge in [-0.25, -0.2) is 13.8 Å². The van der Waals surface area contributed by atoms with Crippen molar-refractivity contribution in [3.8, 4) is 11.5 Å². The number of rotatable bonds is 7. The van der Waals surface area contributed by atoms with Crippen LogP contribution in [0.4, 0.5) is 26.0 Å². The molecule has 2 heterocycles. The van der Waals surface area contributed by atoms with Crippen molar-refractivity contribution in [1.29, 1.82) is 0 Å². The molecule has 0 fully saturated rings. The molecule has 1 amide bonds. The van der Waals surface area contributed by atoms with E-state index in [1.165, 1.54) is 0 Å². The number of aliphatic hydroxyl groups is 1. The average Bonchev–Trinajstić information content (AvgIpc) is 2.85. The summed E-state index contributed by atoms with van der Waals surface area (Å²) >= 11 is 0. The number of carbonyl (C=O) groups is 1. The molecule has 3 aromatic rings. The molecule has 0 aliphatic carbocycles. The van der Waals surface area contributed by atoms with E-state index < -0.39 is 29.3 Å². The Morgan fingerprint density at radius 1 is 1.29 bits per heavy atom. The molecule has 184 valence electrons. The summed E-state index contributed by atoms with van der Waals surface area (Å²) in [5.74, 6) is -2.01. The lowest BCUT2D eigenvalue weighted by atomic mass is 10.1. The summed E-state index contributed by atoms with van der Waals surface area (Å²) in [5.41, 5.74) is 1.65. The minimum Gasteiger partial charge on any atom is -0.488 e. The molecule has 0 radical (unpaired) electrons. The highest BCUT2D eigenvalue weighted by molar-refractivity contribution is 6.07. The molecule has 7 nitrogen and oxygen atoms in total. The summed E-state index contributed by atoms with van der Waals surface area (Å²) in [7, 11) is 0. The number of para-hydroxylation sites is 1. The molecule has 2 aromatic carbocycles. The molecule has 0 spiro atoms. The Bertz CT molecular complexity index is 1200. The first kappa shape index (κ1) is 24.4. The van der Waals surface area contributed by atoms with Crippen molar-refractivity contribution in [2.75, 3.05) is 23.4 Å². The monoisotopic (exact) mass is 483 g/mol. The molecular formula is C26H27F2N3O4. The quantitative estimate of drug-likeness (QED) is 0.493. The predicted octanol–water partition coefficient (Wildman–Crippen LogP) is 4.99. The van der Waals surface area contributed by atoms with Crippen molar-refractivity contribution in [3.05, 3.63) is 71.4 Å². The second-order valence-corrected chi connectivity index (χ2v) is 8.42. The van der Waals surface area contributed by atoms with Crippen LogP contribution in [-0.2, 0) is 0 Å². The molecule has 1 aliphatic heterocycles. The van der Waals surface area contributed by atoms with E-state index in [1.807, 2.05) is 30.9 Å². The minimum atomic E-state index is -0.908. The first-order valence-electron chi connectivity index (χ1n) is 11.4. The maximum atomic E-state index is 14.5. The molecule has 9 heteroatoms. The molecular weight excluding hydrogens is 456 g/mol. The van der Waals surface area contributed by atoms with Gasteiger partial charge in [-0.2, -0.15) is 0 Å². The van der Waals surface area contributed by atoms with Crippen LogP contribution in [0.25, 0.3) is 0 Å². The fraction of sp³-hybridized carbons (Fsp3) is 0.308. The van der Waals surface area contributed by atoms with Gasteiger partial charge in [0.1, 0.15) is 12.4 Å². The number of pyridine rings is 1. The van der Waals surface area contributed by atoms with Crippen LogP contribution in [0.2, 0.25) is 0 Å². The summed E-state index contributed by atoms with van der Waals surface area (Å²) in [5, 5.41) is 12.4. The van der Waals surface area contributed by atoms with Crippen LogP contribution in [0.1, 0.15) is 36.2 Å². The summed E-state index contributed by atoms with van der Waals surface area (Å²) < 4.78 is 40.2. The number of ether oxygens (including phenoxy) is 2. The zero-order valence-corrected chi connectivity index (χ0v) is 19.7. The van der Waals surface area contributed by atoms with Gasteiger partial charge in [0.15, 0.2) is 23.1 Å². The van der Waals surface area contributed by atoms with Crippen LogP contribution < -0.4 is 19.7 Å². The number of carbonyl (C=O) groups excluding carboxylic acids is 1. The zero-order chi connectivity index (χ0) is 25.1. The minimum absolute atomic E-state index is 0.0554. The molecule has 0 saturated heterocycles. The van der Waals surface area contributed by atoms with Crippen LogP contribution >= 0.6 is 0 Å². The third kappa shape index (κ3) is 5.05. The second-order valence-electron chi connectivity index (χ2n) is 8.42. The van der Waals surface area contributed by atoms with E-state index in [1.54, 1.807) is 31.3 Å². The molecule has 35 heavy (non-hydrogen) atoms. The number of benzene rings is 2. The van der Waals surface area contributed by atoms with E-state index in [-0.39, 0.29) is 36.3 Å². The van der Waals surface area contributed by atoms with Gasteiger partial charge >= 0.3 is 0 Å².